The van der Waals surface area contributed by atoms with Crippen LogP contribution in [0.5, 0.6) is 0 Å². The maximum absolute atomic E-state index is 12.4. The maximum Gasteiger partial charge on any atom is 0.220 e. The van der Waals surface area contributed by atoms with Crippen molar-refractivity contribution in [3.05, 3.63) is 0 Å². The topological polar surface area (TPSA) is 73.9 Å². The second-order valence-electron chi connectivity index (χ2n) is 10.9. The van der Waals surface area contributed by atoms with Gasteiger partial charge in [0.25, 0.3) is 0 Å². The average molecular weight is 424 g/mol. The molecule has 0 aliphatic heterocycles. The van der Waals surface area contributed by atoms with Crippen LogP contribution in [0.4, 0.5) is 0 Å². The van der Waals surface area contributed by atoms with Crippen molar-refractivity contribution >= 4 is 11.7 Å². The summed E-state index contributed by atoms with van der Waals surface area (Å²) in [5.41, 5.74) is -0.0630. The Bertz CT molecular complexity index is 547. The van der Waals surface area contributed by atoms with E-state index in [1.165, 1.54) is 38.5 Å². The van der Waals surface area contributed by atoms with Gasteiger partial charge in [0.1, 0.15) is 6.61 Å². The molecule has 4 aliphatic carbocycles. The summed E-state index contributed by atoms with van der Waals surface area (Å²) in [6, 6.07) is 0. The van der Waals surface area contributed by atoms with Crippen molar-refractivity contribution in [3.63, 3.8) is 0 Å². The number of amides is 1. The molecule has 0 spiro atoms. The van der Waals surface area contributed by atoms with Gasteiger partial charge in [-0.05, 0) is 61.7 Å². The van der Waals surface area contributed by atoms with E-state index in [4.69, 9.17) is 14.2 Å². The standard InChI is InChI=1S/C24H41NO5/c1-23(2,3)21(26)17-30-9-8-29-7-6-28-5-4-25-22(27)16-24-13-18-10-19(14-24)12-20(11-18)15-24/h18-20H,4-17H2,1-3H3,(H,25,27). The Morgan fingerprint density at radius 3 is 1.87 bits per heavy atom. The van der Waals surface area contributed by atoms with E-state index in [2.05, 4.69) is 5.32 Å². The second-order valence-corrected chi connectivity index (χ2v) is 10.9. The summed E-state index contributed by atoms with van der Waals surface area (Å²) in [6.45, 7) is 8.69. The monoisotopic (exact) mass is 423 g/mol. The Labute approximate surface area is 181 Å². The zero-order chi connectivity index (χ0) is 21.6. The summed E-state index contributed by atoms with van der Waals surface area (Å²) in [6.07, 6.45) is 8.77. The quantitative estimate of drug-likeness (QED) is 0.460. The van der Waals surface area contributed by atoms with Crippen LogP contribution in [0.15, 0.2) is 0 Å². The predicted octanol–water partition coefficient (Wildman–Crippen LogP) is 3.37. The minimum atomic E-state index is -0.362. The van der Waals surface area contributed by atoms with Crippen molar-refractivity contribution in [2.24, 2.45) is 28.6 Å². The van der Waals surface area contributed by atoms with Crippen LogP contribution in [-0.2, 0) is 23.8 Å². The number of carbonyl (C=O) groups is 2. The van der Waals surface area contributed by atoms with Crippen molar-refractivity contribution in [1.82, 2.24) is 5.32 Å². The van der Waals surface area contributed by atoms with E-state index in [9.17, 15) is 9.59 Å². The van der Waals surface area contributed by atoms with Gasteiger partial charge in [-0.25, -0.2) is 0 Å². The summed E-state index contributed by atoms with van der Waals surface area (Å²) in [5, 5.41) is 3.04. The van der Waals surface area contributed by atoms with Gasteiger partial charge in [0.05, 0.1) is 33.0 Å². The van der Waals surface area contributed by atoms with E-state index in [1.54, 1.807) is 0 Å². The second kappa shape index (κ2) is 10.6. The molecule has 0 aromatic rings. The molecule has 0 saturated heterocycles. The number of carbonyl (C=O) groups excluding carboxylic acids is 2. The van der Waals surface area contributed by atoms with Crippen molar-refractivity contribution in [2.45, 2.75) is 65.7 Å². The van der Waals surface area contributed by atoms with Gasteiger partial charge in [-0.1, -0.05) is 20.8 Å². The highest BCUT2D eigenvalue weighted by Crippen LogP contribution is 2.61. The first-order valence-corrected chi connectivity index (χ1v) is 11.8. The average Bonchev–Trinajstić information content (AvgIpc) is 2.63. The molecule has 4 saturated carbocycles. The molecule has 4 fully saturated rings. The Balaban J connectivity index is 1.14. The zero-order valence-electron chi connectivity index (χ0n) is 19.2. The fraction of sp³-hybridized carbons (Fsp3) is 0.917. The number of rotatable bonds is 13. The molecule has 4 aliphatic rings. The fourth-order valence-electron chi connectivity index (χ4n) is 5.99. The Hall–Kier alpha value is -0.980. The molecule has 1 N–H and O–H groups in total. The highest BCUT2D eigenvalue weighted by molar-refractivity contribution is 5.84. The van der Waals surface area contributed by atoms with Crippen LogP contribution in [0.3, 0.4) is 0 Å². The lowest BCUT2D eigenvalue weighted by atomic mass is 9.49. The van der Waals surface area contributed by atoms with Crippen LogP contribution >= 0.6 is 0 Å². The lowest BCUT2D eigenvalue weighted by Crippen LogP contribution is -2.48. The molecule has 172 valence electrons. The van der Waals surface area contributed by atoms with Gasteiger partial charge < -0.3 is 19.5 Å². The highest BCUT2D eigenvalue weighted by atomic mass is 16.5. The van der Waals surface area contributed by atoms with E-state index in [-0.39, 0.29) is 23.7 Å². The van der Waals surface area contributed by atoms with Gasteiger partial charge >= 0.3 is 0 Å². The SMILES string of the molecule is CC(C)(C)C(=O)COCCOCCOCCNC(=O)CC12CC3CC(CC(C3)C1)C2. The first kappa shape index (κ1) is 23.7. The molecule has 1 amide bonds. The molecule has 6 nitrogen and oxygen atoms in total. The van der Waals surface area contributed by atoms with E-state index < -0.39 is 0 Å². The summed E-state index contributed by atoms with van der Waals surface area (Å²) >= 11 is 0. The Morgan fingerprint density at radius 1 is 0.833 bits per heavy atom. The molecule has 0 heterocycles. The number of hydrogen-bond donors (Lipinski definition) is 1. The van der Waals surface area contributed by atoms with Crippen LogP contribution in [0.2, 0.25) is 0 Å². The first-order chi connectivity index (χ1) is 14.3. The Kier molecular flexibility index (Phi) is 8.33. The number of ether oxygens (including phenoxy) is 3. The van der Waals surface area contributed by atoms with Gasteiger partial charge in [-0.3, -0.25) is 9.59 Å². The minimum absolute atomic E-state index is 0.0936. The number of Topliss-reactive ketones (excluding diaryl/α,β-unsaturated/α-hetero) is 1. The molecule has 4 rings (SSSR count). The first-order valence-electron chi connectivity index (χ1n) is 11.8. The van der Waals surface area contributed by atoms with Crippen molar-refractivity contribution < 1.29 is 23.8 Å². The molecule has 6 heteroatoms. The molecule has 0 atom stereocenters. The van der Waals surface area contributed by atoms with Crippen LogP contribution in [0.25, 0.3) is 0 Å². The predicted molar refractivity (Wildman–Crippen MR) is 115 cm³/mol. The normalized spacial score (nSPS) is 29.9. The molecule has 0 unspecified atom stereocenters. The summed E-state index contributed by atoms with van der Waals surface area (Å²) in [5.74, 6) is 2.94. The molecule has 0 aromatic heterocycles. The number of hydrogen-bond acceptors (Lipinski definition) is 5. The number of nitrogens with one attached hydrogen (secondary N) is 1. The zero-order valence-corrected chi connectivity index (χ0v) is 19.2. The van der Waals surface area contributed by atoms with Gasteiger partial charge in [0.15, 0.2) is 5.78 Å². The van der Waals surface area contributed by atoms with Crippen LogP contribution < -0.4 is 5.32 Å². The van der Waals surface area contributed by atoms with E-state index in [1.807, 2.05) is 20.8 Å². The Morgan fingerprint density at radius 2 is 1.33 bits per heavy atom. The summed E-state index contributed by atoms with van der Waals surface area (Å²) in [4.78, 5) is 24.2. The maximum atomic E-state index is 12.4. The molecular formula is C24H41NO5. The largest absolute Gasteiger partial charge is 0.377 e. The van der Waals surface area contributed by atoms with E-state index in [0.717, 1.165) is 17.8 Å². The highest BCUT2D eigenvalue weighted by Gasteiger charge is 2.51. The van der Waals surface area contributed by atoms with Gasteiger partial charge in [0, 0.05) is 18.4 Å². The lowest BCUT2D eigenvalue weighted by molar-refractivity contribution is -0.131. The fourth-order valence-corrected chi connectivity index (χ4v) is 5.99. The van der Waals surface area contributed by atoms with Gasteiger partial charge in [-0.15, -0.1) is 0 Å². The number of ketones is 1. The molecular weight excluding hydrogens is 382 g/mol. The van der Waals surface area contributed by atoms with Gasteiger partial charge in [-0.2, -0.15) is 0 Å². The van der Waals surface area contributed by atoms with Crippen LogP contribution in [0.1, 0.15) is 65.7 Å². The van der Waals surface area contributed by atoms with Crippen LogP contribution in [-0.4, -0.2) is 57.9 Å². The minimum Gasteiger partial charge on any atom is -0.377 e. The third-order valence-electron chi connectivity index (χ3n) is 7.08. The van der Waals surface area contributed by atoms with Crippen molar-refractivity contribution in [2.75, 3.05) is 46.2 Å². The molecule has 4 bridgehead atoms. The van der Waals surface area contributed by atoms with E-state index in [0.29, 0.717) is 51.4 Å². The van der Waals surface area contributed by atoms with Crippen LogP contribution in [0, 0.1) is 28.6 Å². The summed E-state index contributed by atoms with van der Waals surface area (Å²) < 4.78 is 16.3. The van der Waals surface area contributed by atoms with Crippen molar-refractivity contribution in [3.8, 4) is 0 Å². The third kappa shape index (κ3) is 7.03. The van der Waals surface area contributed by atoms with E-state index >= 15 is 0 Å². The third-order valence-corrected chi connectivity index (χ3v) is 7.08. The summed E-state index contributed by atoms with van der Waals surface area (Å²) in [7, 11) is 0. The van der Waals surface area contributed by atoms with Gasteiger partial charge in [0.2, 0.25) is 5.91 Å². The molecule has 0 aromatic carbocycles. The smallest absolute Gasteiger partial charge is 0.220 e. The molecule has 0 radical (unpaired) electrons. The molecule has 30 heavy (non-hydrogen) atoms. The van der Waals surface area contributed by atoms with Crippen molar-refractivity contribution in [1.29, 1.82) is 0 Å². The lowest BCUT2D eigenvalue weighted by Gasteiger charge is -2.56.